The summed E-state index contributed by atoms with van der Waals surface area (Å²) in [6.45, 7) is 1.32. The number of nitrogens with zero attached hydrogens (tertiary/aromatic N) is 4. The molecule has 1 aromatic carbocycles. The second-order valence-electron chi connectivity index (χ2n) is 7.32. The molecule has 0 atom stereocenters. The summed E-state index contributed by atoms with van der Waals surface area (Å²) in [7, 11) is 0. The van der Waals surface area contributed by atoms with Gasteiger partial charge in [0, 0.05) is 36.3 Å². The van der Waals surface area contributed by atoms with Gasteiger partial charge in [-0.05, 0) is 18.2 Å². The van der Waals surface area contributed by atoms with Crippen LogP contribution in [0, 0.1) is 0 Å². The number of carbonyl (C=O) groups is 1. The normalized spacial score (nSPS) is 18.0. The van der Waals surface area contributed by atoms with E-state index < -0.39 is 17.9 Å². The quantitative estimate of drug-likeness (QED) is 0.429. The van der Waals surface area contributed by atoms with Crippen molar-refractivity contribution in [1.29, 1.82) is 0 Å². The van der Waals surface area contributed by atoms with Gasteiger partial charge in [0.1, 0.15) is 12.4 Å². The summed E-state index contributed by atoms with van der Waals surface area (Å²) in [5.41, 5.74) is 1.55. The highest BCUT2D eigenvalue weighted by molar-refractivity contribution is 5.93. The van der Waals surface area contributed by atoms with Crippen LogP contribution in [-0.4, -0.2) is 51.9 Å². The Hall–Kier alpha value is -3.51. The van der Waals surface area contributed by atoms with Gasteiger partial charge in [-0.15, -0.1) is 0 Å². The standard InChI is InChI=1S/C19H21F2N7O3/c1-18(20,21)12-2-4-14(5-3-12)27-9-13(24-11-27)8-23-16-22-7-6-15(25-16)28-10-19(30,31)26-17(28)29/h2-7,9,24,30-31H,8,10-11H2,1H3,(H,26,29)(H,22,23,25). The van der Waals surface area contributed by atoms with E-state index in [1.54, 1.807) is 12.1 Å². The van der Waals surface area contributed by atoms with E-state index in [0.29, 0.717) is 13.2 Å². The Labute approximate surface area is 176 Å². The molecule has 2 amide bonds. The number of alkyl halides is 2. The van der Waals surface area contributed by atoms with E-state index in [9.17, 15) is 23.8 Å². The minimum absolute atomic E-state index is 0.0439. The molecule has 0 saturated carbocycles. The first-order valence-corrected chi connectivity index (χ1v) is 9.42. The topological polar surface area (TPSA) is 126 Å². The van der Waals surface area contributed by atoms with E-state index in [2.05, 4.69) is 20.6 Å². The fourth-order valence-corrected chi connectivity index (χ4v) is 3.20. The highest BCUT2D eigenvalue weighted by Crippen LogP contribution is 2.29. The van der Waals surface area contributed by atoms with Gasteiger partial charge in [-0.2, -0.15) is 4.98 Å². The number of rotatable bonds is 6. The van der Waals surface area contributed by atoms with Gasteiger partial charge in [0.05, 0.1) is 13.2 Å². The first kappa shape index (κ1) is 20.8. The lowest BCUT2D eigenvalue weighted by Gasteiger charge is -2.16. The summed E-state index contributed by atoms with van der Waals surface area (Å²) >= 11 is 0. The number of aromatic nitrogens is 2. The van der Waals surface area contributed by atoms with Gasteiger partial charge in [0.15, 0.2) is 0 Å². The third kappa shape index (κ3) is 4.64. The Balaban J connectivity index is 1.38. The summed E-state index contributed by atoms with van der Waals surface area (Å²) in [5, 5.41) is 27.3. The van der Waals surface area contributed by atoms with Crippen molar-refractivity contribution in [2.24, 2.45) is 0 Å². The zero-order chi connectivity index (χ0) is 22.2. The van der Waals surface area contributed by atoms with Crippen LogP contribution >= 0.6 is 0 Å². The number of aliphatic hydroxyl groups is 2. The zero-order valence-electron chi connectivity index (χ0n) is 16.5. The van der Waals surface area contributed by atoms with Gasteiger partial charge in [0.25, 0.3) is 11.8 Å². The molecule has 31 heavy (non-hydrogen) atoms. The minimum Gasteiger partial charge on any atom is -0.368 e. The molecule has 0 unspecified atom stereocenters. The van der Waals surface area contributed by atoms with Crippen molar-refractivity contribution < 1.29 is 23.8 Å². The molecule has 0 radical (unpaired) electrons. The van der Waals surface area contributed by atoms with Crippen LogP contribution in [0.5, 0.6) is 0 Å². The molecule has 1 fully saturated rings. The van der Waals surface area contributed by atoms with Crippen molar-refractivity contribution in [2.75, 3.05) is 34.9 Å². The molecule has 12 heteroatoms. The van der Waals surface area contributed by atoms with Crippen molar-refractivity contribution in [1.82, 2.24) is 20.6 Å². The number of hydrogen-bond donors (Lipinski definition) is 5. The van der Waals surface area contributed by atoms with Crippen LogP contribution in [0.4, 0.5) is 31.0 Å². The lowest BCUT2D eigenvalue weighted by atomic mass is 10.1. The smallest absolute Gasteiger partial charge is 0.327 e. The number of carbonyl (C=O) groups excluding carboxylic acids is 1. The Morgan fingerprint density at radius 2 is 2.00 bits per heavy atom. The molecule has 4 rings (SSSR count). The zero-order valence-corrected chi connectivity index (χ0v) is 16.5. The first-order chi connectivity index (χ1) is 14.6. The number of anilines is 3. The summed E-state index contributed by atoms with van der Waals surface area (Å²) in [5.74, 6) is -4.74. The molecule has 1 aromatic heterocycles. The number of amides is 2. The van der Waals surface area contributed by atoms with E-state index >= 15 is 0 Å². The Morgan fingerprint density at radius 1 is 1.26 bits per heavy atom. The van der Waals surface area contributed by atoms with Gasteiger partial charge in [-0.1, -0.05) is 12.1 Å². The predicted molar refractivity (Wildman–Crippen MR) is 108 cm³/mol. The van der Waals surface area contributed by atoms with E-state index in [1.165, 1.54) is 24.4 Å². The highest BCUT2D eigenvalue weighted by Gasteiger charge is 2.40. The summed E-state index contributed by atoms with van der Waals surface area (Å²) < 4.78 is 26.7. The van der Waals surface area contributed by atoms with Gasteiger partial charge < -0.3 is 25.7 Å². The van der Waals surface area contributed by atoms with Crippen LogP contribution < -0.4 is 25.8 Å². The molecular weight excluding hydrogens is 412 g/mol. The number of halogens is 2. The highest BCUT2D eigenvalue weighted by atomic mass is 19.3. The molecule has 3 heterocycles. The fourth-order valence-electron chi connectivity index (χ4n) is 3.20. The van der Waals surface area contributed by atoms with Crippen LogP contribution in [0.25, 0.3) is 0 Å². The predicted octanol–water partition coefficient (Wildman–Crippen LogP) is 1.08. The maximum atomic E-state index is 13.4. The van der Waals surface area contributed by atoms with Gasteiger partial charge in [0.2, 0.25) is 5.95 Å². The Kier molecular flexibility index (Phi) is 5.11. The maximum Gasteiger partial charge on any atom is 0.327 e. The molecule has 0 spiro atoms. The number of urea groups is 1. The average Bonchev–Trinajstić information content (AvgIpc) is 3.29. The third-order valence-corrected chi connectivity index (χ3v) is 4.78. The number of hydrogen-bond acceptors (Lipinski definition) is 8. The van der Waals surface area contributed by atoms with Crippen molar-refractivity contribution in [3.05, 3.63) is 54.0 Å². The molecule has 0 bridgehead atoms. The second-order valence-corrected chi connectivity index (χ2v) is 7.32. The van der Waals surface area contributed by atoms with Crippen molar-refractivity contribution in [3.63, 3.8) is 0 Å². The SMILES string of the molecule is CC(F)(F)c1ccc(N2C=C(CNc3nccc(N4CC(O)(O)NC4=O)n3)NC2)cc1. The average molecular weight is 433 g/mol. The van der Waals surface area contributed by atoms with Crippen LogP contribution in [0.3, 0.4) is 0 Å². The minimum atomic E-state index is -2.88. The molecule has 10 nitrogen and oxygen atoms in total. The lowest BCUT2D eigenvalue weighted by Crippen LogP contribution is -2.42. The van der Waals surface area contributed by atoms with Crippen LogP contribution in [0.2, 0.25) is 0 Å². The Bertz CT molecular complexity index is 1010. The van der Waals surface area contributed by atoms with Gasteiger partial charge in [-0.3, -0.25) is 10.2 Å². The first-order valence-electron chi connectivity index (χ1n) is 9.42. The van der Waals surface area contributed by atoms with Crippen molar-refractivity contribution >= 4 is 23.5 Å². The monoisotopic (exact) mass is 433 g/mol. The van der Waals surface area contributed by atoms with Crippen molar-refractivity contribution in [2.45, 2.75) is 18.8 Å². The number of nitrogens with one attached hydrogen (secondary N) is 3. The molecule has 1 saturated heterocycles. The molecule has 2 aliphatic rings. The molecule has 2 aromatic rings. The van der Waals surface area contributed by atoms with Gasteiger partial charge >= 0.3 is 6.03 Å². The van der Waals surface area contributed by atoms with Crippen LogP contribution in [0.1, 0.15) is 12.5 Å². The molecule has 164 valence electrons. The van der Waals surface area contributed by atoms with Crippen LogP contribution in [-0.2, 0) is 5.92 Å². The molecule has 2 aliphatic heterocycles. The summed E-state index contributed by atoms with van der Waals surface area (Å²) in [6.07, 6.45) is 3.29. The largest absolute Gasteiger partial charge is 0.368 e. The maximum absolute atomic E-state index is 13.4. The summed E-state index contributed by atoms with van der Waals surface area (Å²) in [6, 6.07) is 6.87. The van der Waals surface area contributed by atoms with Crippen LogP contribution in [0.15, 0.2) is 48.4 Å². The van der Waals surface area contributed by atoms with Crippen molar-refractivity contribution in [3.8, 4) is 0 Å². The summed E-state index contributed by atoms with van der Waals surface area (Å²) in [4.78, 5) is 23.1. The second kappa shape index (κ2) is 7.63. The lowest BCUT2D eigenvalue weighted by molar-refractivity contribution is -0.155. The molecular formula is C19H21F2N7O3. The van der Waals surface area contributed by atoms with E-state index in [0.717, 1.165) is 23.2 Å². The number of β-amino-alcohol motifs (C(OH)–C–C–N with tert-alkyl or cyclic N) is 2. The van der Waals surface area contributed by atoms with Gasteiger partial charge in [-0.25, -0.2) is 18.6 Å². The fraction of sp³-hybridized carbons (Fsp3) is 0.316. The number of benzene rings is 1. The van der Waals surface area contributed by atoms with E-state index in [-0.39, 0.29) is 23.9 Å². The molecule has 5 N–H and O–H groups in total. The van der Waals surface area contributed by atoms with E-state index in [4.69, 9.17) is 0 Å². The van der Waals surface area contributed by atoms with E-state index in [1.807, 2.05) is 16.4 Å². The molecule has 0 aliphatic carbocycles. The third-order valence-electron chi connectivity index (χ3n) is 4.78. The Morgan fingerprint density at radius 3 is 2.65 bits per heavy atom.